The molecule has 2 amide bonds. The molecule has 2 aromatic rings. The molecule has 1 aliphatic rings. The van der Waals surface area contributed by atoms with Crippen molar-refractivity contribution in [3.8, 4) is 5.75 Å². The van der Waals surface area contributed by atoms with E-state index in [2.05, 4.69) is 40.5 Å². The molecule has 0 saturated carbocycles. The maximum absolute atomic E-state index is 10.8. The van der Waals surface area contributed by atoms with Crippen LogP contribution in [0.2, 0.25) is 0 Å². The molecule has 0 unspecified atom stereocenters. The van der Waals surface area contributed by atoms with Gasteiger partial charge in [-0.15, -0.1) is 0 Å². The van der Waals surface area contributed by atoms with Gasteiger partial charge in [0, 0.05) is 18.8 Å². The lowest BCUT2D eigenvalue weighted by atomic mass is 10.1. The van der Waals surface area contributed by atoms with Crippen molar-refractivity contribution in [2.24, 2.45) is 5.73 Å². The summed E-state index contributed by atoms with van der Waals surface area (Å²) in [4.78, 5) is 13.2. The Morgan fingerprint density at radius 2 is 1.83 bits per heavy atom. The minimum absolute atomic E-state index is 0.247. The van der Waals surface area contributed by atoms with E-state index in [0.717, 1.165) is 31.8 Å². The van der Waals surface area contributed by atoms with Gasteiger partial charge in [-0.3, -0.25) is 4.90 Å². The molecule has 0 radical (unpaired) electrons. The number of primary amides is 1. The van der Waals surface area contributed by atoms with Crippen molar-refractivity contribution in [2.45, 2.75) is 18.9 Å². The Morgan fingerprint density at radius 3 is 2.50 bits per heavy atom. The van der Waals surface area contributed by atoms with Gasteiger partial charge >= 0.3 is 6.03 Å². The lowest BCUT2D eigenvalue weighted by Crippen LogP contribution is -2.53. The molecule has 0 aromatic heterocycles. The fourth-order valence-corrected chi connectivity index (χ4v) is 2.88. The molecule has 0 aliphatic carbocycles. The summed E-state index contributed by atoms with van der Waals surface area (Å²) >= 11 is 0. The molecule has 2 aromatic carbocycles. The predicted octanol–water partition coefficient (Wildman–Crippen LogP) is 2.87. The van der Waals surface area contributed by atoms with Crippen molar-refractivity contribution < 1.29 is 9.53 Å². The number of likely N-dealkylation sites (tertiary alicyclic amines) is 1. The largest absolute Gasteiger partial charge is 0.488 e. The van der Waals surface area contributed by atoms with Gasteiger partial charge in [-0.05, 0) is 49.2 Å². The standard InChI is InChI=1S/C19H23N3O2/c20-19(23)21-16-8-10-17(11-9-16)24-18-13-22(14-18)12-4-7-15-5-2-1-3-6-15/h1-3,5-6,8-11,18H,4,7,12-14H2,(H3,20,21,23). The van der Waals surface area contributed by atoms with Crippen LogP contribution in [0.15, 0.2) is 54.6 Å². The summed E-state index contributed by atoms with van der Waals surface area (Å²) in [5.74, 6) is 0.818. The first-order valence-corrected chi connectivity index (χ1v) is 8.28. The first-order valence-electron chi connectivity index (χ1n) is 8.28. The highest BCUT2D eigenvalue weighted by molar-refractivity contribution is 5.87. The molecule has 126 valence electrons. The van der Waals surface area contributed by atoms with Gasteiger partial charge in [0.15, 0.2) is 0 Å². The third-order valence-corrected chi connectivity index (χ3v) is 4.13. The summed E-state index contributed by atoms with van der Waals surface area (Å²) < 4.78 is 5.92. The quantitative estimate of drug-likeness (QED) is 0.822. The molecular weight excluding hydrogens is 302 g/mol. The molecule has 5 heteroatoms. The number of nitrogens with two attached hydrogens (primary N) is 1. The van der Waals surface area contributed by atoms with Crippen molar-refractivity contribution in [1.29, 1.82) is 0 Å². The molecule has 24 heavy (non-hydrogen) atoms. The van der Waals surface area contributed by atoms with Crippen LogP contribution in [0.4, 0.5) is 10.5 Å². The molecule has 3 rings (SSSR count). The lowest BCUT2D eigenvalue weighted by Gasteiger charge is -2.39. The van der Waals surface area contributed by atoms with Gasteiger partial charge < -0.3 is 15.8 Å². The monoisotopic (exact) mass is 325 g/mol. The second kappa shape index (κ2) is 7.84. The van der Waals surface area contributed by atoms with E-state index in [0.29, 0.717) is 5.69 Å². The molecule has 1 fully saturated rings. The van der Waals surface area contributed by atoms with Crippen LogP contribution in [0.25, 0.3) is 0 Å². The second-order valence-corrected chi connectivity index (χ2v) is 6.10. The Kier molecular flexibility index (Phi) is 5.33. The number of nitrogens with one attached hydrogen (secondary N) is 1. The number of nitrogens with zero attached hydrogens (tertiary/aromatic N) is 1. The fraction of sp³-hybridized carbons (Fsp3) is 0.316. The van der Waals surface area contributed by atoms with E-state index in [1.165, 1.54) is 12.0 Å². The second-order valence-electron chi connectivity index (χ2n) is 6.10. The number of hydrogen-bond acceptors (Lipinski definition) is 3. The number of carbonyl (C=O) groups is 1. The molecule has 5 nitrogen and oxygen atoms in total. The van der Waals surface area contributed by atoms with Crippen LogP contribution in [-0.2, 0) is 6.42 Å². The van der Waals surface area contributed by atoms with E-state index in [1.54, 1.807) is 12.1 Å². The first-order chi connectivity index (χ1) is 11.7. The number of rotatable bonds is 7. The van der Waals surface area contributed by atoms with Crippen molar-refractivity contribution in [3.05, 3.63) is 60.2 Å². The number of urea groups is 1. The maximum Gasteiger partial charge on any atom is 0.316 e. The van der Waals surface area contributed by atoms with Crippen LogP contribution < -0.4 is 15.8 Å². The highest BCUT2D eigenvalue weighted by atomic mass is 16.5. The lowest BCUT2D eigenvalue weighted by molar-refractivity contribution is 0.0195. The Balaban J connectivity index is 1.34. The van der Waals surface area contributed by atoms with Crippen molar-refractivity contribution in [2.75, 3.05) is 25.0 Å². The maximum atomic E-state index is 10.8. The number of aryl methyl sites for hydroxylation is 1. The summed E-state index contributed by atoms with van der Waals surface area (Å²) in [5.41, 5.74) is 7.15. The van der Waals surface area contributed by atoms with Gasteiger partial charge in [0.25, 0.3) is 0 Å². The highest BCUT2D eigenvalue weighted by Crippen LogP contribution is 2.20. The zero-order valence-electron chi connectivity index (χ0n) is 13.7. The smallest absolute Gasteiger partial charge is 0.316 e. The number of carbonyl (C=O) groups excluding carboxylic acids is 1. The molecule has 1 saturated heterocycles. The van der Waals surface area contributed by atoms with Crippen LogP contribution in [0.1, 0.15) is 12.0 Å². The summed E-state index contributed by atoms with van der Waals surface area (Å²) in [6.07, 6.45) is 2.54. The third-order valence-electron chi connectivity index (χ3n) is 4.13. The third kappa shape index (κ3) is 4.73. The Morgan fingerprint density at radius 1 is 1.12 bits per heavy atom. The zero-order chi connectivity index (χ0) is 16.8. The van der Waals surface area contributed by atoms with Crippen LogP contribution in [0.5, 0.6) is 5.75 Å². The number of hydrogen-bond donors (Lipinski definition) is 2. The number of amides is 2. The predicted molar refractivity (Wildman–Crippen MR) is 95.3 cm³/mol. The number of anilines is 1. The summed E-state index contributed by atoms with van der Waals surface area (Å²) in [5, 5.41) is 2.53. The van der Waals surface area contributed by atoms with E-state index in [9.17, 15) is 4.79 Å². The Hall–Kier alpha value is -2.53. The van der Waals surface area contributed by atoms with Crippen molar-refractivity contribution in [3.63, 3.8) is 0 Å². The molecule has 0 bridgehead atoms. The molecule has 0 spiro atoms. The van der Waals surface area contributed by atoms with Crippen molar-refractivity contribution >= 4 is 11.7 Å². The molecule has 1 aliphatic heterocycles. The molecule has 0 atom stereocenters. The highest BCUT2D eigenvalue weighted by Gasteiger charge is 2.27. The number of benzene rings is 2. The van der Waals surface area contributed by atoms with E-state index in [1.807, 2.05) is 12.1 Å². The Bertz CT molecular complexity index is 652. The normalized spacial score (nSPS) is 14.8. The average molecular weight is 325 g/mol. The topological polar surface area (TPSA) is 67.6 Å². The average Bonchev–Trinajstić information content (AvgIpc) is 2.54. The molecule has 1 heterocycles. The van der Waals surface area contributed by atoms with Gasteiger partial charge in [-0.25, -0.2) is 4.79 Å². The van der Waals surface area contributed by atoms with E-state index in [-0.39, 0.29) is 6.10 Å². The summed E-state index contributed by atoms with van der Waals surface area (Å²) in [7, 11) is 0. The van der Waals surface area contributed by atoms with Crippen LogP contribution in [0, 0.1) is 0 Å². The SMILES string of the molecule is NC(=O)Nc1ccc(OC2CN(CCCc3ccccc3)C2)cc1. The zero-order valence-corrected chi connectivity index (χ0v) is 13.7. The van der Waals surface area contributed by atoms with Gasteiger partial charge in [-0.1, -0.05) is 30.3 Å². The first kappa shape index (κ1) is 16.3. The number of ether oxygens (including phenoxy) is 1. The molecular formula is C19H23N3O2. The van der Waals surface area contributed by atoms with Crippen LogP contribution in [0.3, 0.4) is 0 Å². The van der Waals surface area contributed by atoms with E-state index < -0.39 is 6.03 Å². The summed E-state index contributed by atoms with van der Waals surface area (Å²) in [6.45, 7) is 3.04. The van der Waals surface area contributed by atoms with Crippen molar-refractivity contribution in [1.82, 2.24) is 4.90 Å². The van der Waals surface area contributed by atoms with E-state index >= 15 is 0 Å². The van der Waals surface area contributed by atoms with Gasteiger partial charge in [0.2, 0.25) is 0 Å². The minimum Gasteiger partial charge on any atom is -0.488 e. The van der Waals surface area contributed by atoms with Gasteiger partial charge in [-0.2, -0.15) is 0 Å². The Labute approximate surface area is 142 Å². The van der Waals surface area contributed by atoms with E-state index in [4.69, 9.17) is 10.5 Å². The molecule has 3 N–H and O–H groups in total. The van der Waals surface area contributed by atoms with Gasteiger partial charge in [0.1, 0.15) is 11.9 Å². The van der Waals surface area contributed by atoms with Crippen LogP contribution in [-0.4, -0.2) is 36.7 Å². The fourth-order valence-electron chi connectivity index (χ4n) is 2.88. The summed E-state index contributed by atoms with van der Waals surface area (Å²) in [6, 6.07) is 17.3. The van der Waals surface area contributed by atoms with Gasteiger partial charge in [0.05, 0.1) is 0 Å². The minimum atomic E-state index is -0.561. The van der Waals surface area contributed by atoms with Crippen LogP contribution >= 0.6 is 0 Å².